The van der Waals surface area contributed by atoms with Gasteiger partial charge in [0.05, 0.1) is 11.4 Å². The van der Waals surface area contributed by atoms with Gasteiger partial charge in [-0.05, 0) is 20.3 Å². The van der Waals surface area contributed by atoms with E-state index in [1.807, 2.05) is 0 Å². The Morgan fingerprint density at radius 1 is 1.45 bits per heavy atom. The van der Waals surface area contributed by atoms with E-state index in [2.05, 4.69) is 21.4 Å². The highest BCUT2D eigenvalue weighted by atomic mass is 32.2. The van der Waals surface area contributed by atoms with E-state index in [1.54, 1.807) is 21.0 Å². The first-order valence-corrected chi connectivity index (χ1v) is 7.20. The Morgan fingerprint density at radius 2 is 2.20 bits per heavy atom. The molecule has 0 unspecified atom stereocenters. The number of nitrogens with zero attached hydrogens (tertiary/aromatic N) is 3. The van der Waals surface area contributed by atoms with Crippen LogP contribution in [0.5, 0.6) is 0 Å². The molecule has 20 heavy (non-hydrogen) atoms. The van der Waals surface area contributed by atoms with Crippen LogP contribution in [0.25, 0.3) is 0 Å². The number of amides is 1. The highest BCUT2D eigenvalue weighted by Crippen LogP contribution is 2.21. The number of aromatic nitrogens is 2. The van der Waals surface area contributed by atoms with Crippen LogP contribution in [0.2, 0.25) is 0 Å². The summed E-state index contributed by atoms with van der Waals surface area (Å²) in [4.78, 5) is 20.0. The summed E-state index contributed by atoms with van der Waals surface area (Å²) in [5.74, 6) is 0.755. The zero-order chi connectivity index (χ0) is 15.0. The quantitative estimate of drug-likeness (QED) is 0.462. The molecule has 0 aromatic carbocycles. The van der Waals surface area contributed by atoms with Crippen molar-refractivity contribution >= 4 is 17.7 Å². The number of ether oxygens (including phenoxy) is 1. The molecule has 1 amide bonds. The topological polar surface area (TPSA) is 87.9 Å². The molecule has 0 radical (unpaired) electrons. The Balaban J connectivity index is 2.53. The van der Waals surface area contributed by atoms with E-state index >= 15 is 0 Å². The zero-order valence-electron chi connectivity index (χ0n) is 11.9. The third kappa shape index (κ3) is 5.15. The molecule has 0 spiro atoms. The number of carbonyl (C=O) groups excluding carboxylic acids is 1. The van der Waals surface area contributed by atoms with Gasteiger partial charge < -0.3 is 10.1 Å². The second-order valence-electron chi connectivity index (χ2n) is 4.13. The van der Waals surface area contributed by atoms with Crippen molar-refractivity contribution in [3.63, 3.8) is 0 Å². The van der Waals surface area contributed by atoms with Gasteiger partial charge in [-0.1, -0.05) is 11.8 Å². The molecule has 108 valence electrons. The molecule has 0 saturated heterocycles. The molecule has 0 aliphatic carbocycles. The third-order valence-corrected chi connectivity index (χ3v) is 3.44. The molecule has 1 aromatic heterocycles. The fraction of sp³-hybridized carbons (Fsp3) is 0.538. The van der Waals surface area contributed by atoms with E-state index in [0.717, 1.165) is 6.42 Å². The number of methoxy groups -OCH3 is 1. The van der Waals surface area contributed by atoms with Crippen LogP contribution in [0.3, 0.4) is 0 Å². The molecule has 0 aliphatic rings. The molecular formula is C13H18N4O2S. The SMILES string of the molecule is COCCCNC(=O)CSc1nc(C)nc(C)c1C#N. The first-order valence-electron chi connectivity index (χ1n) is 6.22. The van der Waals surface area contributed by atoms with Crippen LogP contribution in [0, 0.1) is 25.2 Å². The molecule has 7 heteroatoms. The maximum atomic E-state index is 11.6. The van der Waals surface area contributed by atoms with Crippen molar-refractivity contribution in [1.29, 1.82) is 5.26 Å². The number of nitrogens with one attached hydrogen (secondary N) is 1. The van der Waals surface area contributed by atoms with Crippen LogP contribution in [0.1, 0.15) is 23.5 Å². The van der Waals surface area contributed by atoms with Crippen molar-refractivity contribution in [1.82, 2.24) is 15.3 Å². The van der Waals surface area contributed by atoms with Crippen LogP contribution in [-0.4, -0.2) is 41.9 Å². The van der Waals surface area contributed by atoms with Gasteiger partial charge in [-0.15, -0.1) is 0 Å². The number of carbonyl (C=O) groups is 1. The summed E-state index contributed by atoms with van der Waals surface area (Å²) in [6.45, 7) is 4.74. The largest absolute Gasteiger partial charge is 0.385 e. The van der Waals surface area contributed by atoms with Crippen molar-refractivity contribution in [3.05, 3.63) is 17.1 Å². The van der Waals surface area contributed by atoms with Gasteiger partial charge in [0, 0.05) is 20.3 Å². The molecule has 0 aliphatic heterocycles. The Bertz CT molecular complexity index is 514. The molecule has 0 bridgehead atoms. The highest BCUT2D eigenvalue weighted by molar-refractivity contribution is 8.00. The van der Waals surface area contributed by atoms with Gasteiger partial charge in [0.1, 0.15) is 22.5 Å². The second-order valence-corrected chi connectivity index (χ2v) is 5.10. The van der Waals surface area contributed by atoms with Gasteiger partial charge in [0.25, 0.3) is 0 Å². The fourth-order valence-electron chi connectivity index (χ4n) is 1.54. The summed E-state index contributed by atoms with van der Waals surface area (Å²) in [5, 5.41) is 12.4. The van der Waals surface area contributed by atoms with E-state index in [1.165, 1.54) is 11.8 Å². The van der Waals surface area contributed by atoms with E-state index in [9.17, 15) is 4.79 Å². The summed E-state index contributed by atoms with van der Waals surface area (Å²) in [5.41, 5.74) is 1.08. The molecule has 6 nitrogen and oxygen atoms in total. The third-order valence-electron chi connectivity index (χ3n) is 2.47. The van der Waals surface area contributed by atoms with Crippen LogP contribution in [-0.2, 0) is 9.53 Å². The summed E-state index contributed by atoms with van der Waals surface area (Å²) in [6.07, 6.45) is 0.780. The van der Waals surface area contributed by atoms with Gasteiger partial charge in [-0.25, -0.2) is 9.97 Å². The second kappa shape index (κ2) is 8.51. The van der Waals surface area contributed by atoms with Crippen molar-refractivity contribution in [2.75, 3.05) is 26.0 Å². The van der Waals surface area contributed by atoms with Crippen molar-refractivity contribution in [2.45, 2.75) is 25.3 Å². The normalized spacial score (nSPS) is 10.1. The molecular weight excluding hydrogens is 276 g/mol. The summed E-state index contributed by atoms with van der Waals surface area (Å²) in [7, 11) is 1.63. The summed E-state index contributed by atoms with van der Waals surface area (Å²) < 4.78 is 4.90. The Morgan fingerprint density at radius 3 is 2.85 bits per heavy atom. The zero-order valence-corrected chi connectivity index (χ0v) is 12.7. The number of aryl methyl sites for hydroxylation is 2. The molecule has 1 aromatic rings. The van der Waals surface area contributed by atoms with Crippen LogP contribution in [0.15, 0.2) is 5.03 Å². The molecule has 1 rings (SSSR count). The minimum atomic E-state index is -0.0797. The molecule has 1 N–H and O–H groups in total. The first-order chi connectivity index (χ1) is 9.58. The van der Waals surface area contributed by atoms with E-state index in [-0.39, 0.29) is 11.7 Å². The number of nitriles is 1. The van der Waals surface area contributed by atoms with Gasteiger partial charge in [0.2, 0.25) is 5.91 Å². The molecule has 0 fully saturated rings. The predicted octanol–water partition coefficient (Wildman–Crippen LogP) is 1.21. The molecule has 0 atom stereocenters. The van der Waals surface area contributed by atoms with Gasteiger partial charge in [-0.3, -0.25) is 4.79 Å². The lowest BCUT2D eigenvalue weighted by molar-refractivity contribution is -0.118. The summed E-state index contributed by atoms with van der Waals surface area (Å²) >= 11 is 1.25. The Labute approximate surface area is 122 Å². The number of thioether (sulfide) groups is 1. The first kappa shape index (κ1) is 16.4. The van der Waals surface area contributed by atoms with Crippen LogP contribution < -0.4 is 5.32 Å². The van der Waals surface area contributed by atoms with E-state index in [0.29, 0.717) is 35.3 Å². The van der Waals surface area contributed by atoms with Crippen molar-refractivity contribution in [3.8, 4) is 6.07 Å². The predicted molar refractivity (Wildman–Crippen MR) is 76.4 cm³/mol. The van der Waals surface area contributed by atoms with Gasteiger partial charge in [-0.2, -0.15) is 5.26 Å². The fourth-order valence-corrected chi connectivity index (χ4v) is 2.45. The minimum Gasteiger partial charge on any atom is -0.385 e. The molecule has 1 heterocycles. The Hall–Kier alpha value is -1.65. The maximum absolute atomic E-state index is 11.6. The monoisotopic (exact) mass is 294 g/mol. The Kier molecular flexibility index (Phi) is 6.98. The van der Waals surface area contributed by atoms with Crippen molar-refractivity contribution < 1.29 is 9.53 Å². The van der Waals surface area contributed by atoms with Gasteiger partial charge >= 0.3 is 0 Å². The number of hydrogen-bond acceptors (Lipinski definition) is 6. The van der Waals surface area contributed by atoms with E-state index < -0.39 is 0 Å². The van der Waals surface area contributed by atoms with Gasteiger partial charge in [0.15, 0.2) is 0 Å². The number of rotatable bonds is 7. The lowest BCUT2D eigenvalue weighted by Gasteiger charge is -2.07. The minimum absolute atomic E-state index is 0.0797. The maximum Gasteiger partial charge on any atom is 0.230 e. The lowest BCUT2D eigenvalue weighted by Crippen LogP contribution is -2.26. The smallest absolute Gasteiger partial charge is 0.230 e. The summed E-state index contributed by atoms with van der Waals surface area (Å²) in [6, 6.07) is 2.08. The average Bonchev–Trinajstić information content (AvgIpc) is 2.41. The van der Waals surface area contributed by atoms with Crippen molar-refractivity contribution in [2.24, 2.45) is 0 Å². The standard InChI is InChI=1S/C13H18N4O2S/c1-9-11(7-14)13(17-10(2)16-9)20-8-12(18)15-5-4-6-19-3/h4-6,8H2,1-3H3,(H,15,18). The average molecular weight is 294 g/mol. The van der Waals surface area contributed by atoms with Crippen LogP contribution >= 0.6 is 11.8 Å². The lowest BCUT2D eigenvalue weighted by atomic mass is 10.3. The van der Waals surface area contributed by atoms with E-state index in [4.69, 9.17) is 10.00 Å². The molecule has 0 saturated carbocycles. The highest BCUT2D eigenvalue weighted by Gasteiger charge is 2.12. The van der Waals surface area contributed by atoms with Crippen LogP contribution in [0.4, 0.5) is 0 Å². The number of hydrogen-bond donors (Lipinski definition) is 1.